The molecular formula is C13H22O. The molecule has 0 amide bonds. The second-order valence-corrected chi connectivity index (χ2v) is 3.73. The molecule has 0 bridgehead atoms. The first-order valence-electron chi connectivity index (χ1n) is 5.41. The summed E-state index contributed by atoms with van der Waals surface area (Å²) < 4.78 is 0. The molecule has 0 aromatic heterocycles. The zero-order chi connectivity index (χ0) is 11.0. The zero-order valence-corrected chi connectivity index (χ0v) is 9.62. The van der Waals surface area contributed by atoms with Crippen LogP contribution < -0.4 is 0 Å². The Morgan fingerprint density at radius 3 is 2.50 bits per heavy atom. The van der Waals surface area contributed by atoms with Gasteiger partial charge in [-0.15, -0.1) is 6.58 Å². The van der Waals surface area contributed by atoms with Crippen molar-refractivity contribution in [2.75, 3.05) is 0 Å². The van der Waals surface area contributed by atoms with Crippen LogP contribution in [0.2, 0.25) is 0 Å². The lowest BCUT2D eigenvalue weighted by molar-refractivity contribution is -0.120. The smallest absolute Gasteiger partial charge is 0.136 e. The molecule has 0 saturated carbocycles. The summed E-state index contributed by atoms with van der Waals surface area (Å²) in [5.41, 5.74) is 0. The van der Waals surface area contributed by atoms with Gasteiger partial charge in [-0.1, -0.05) is 31.6 Å². The van der Waals surface area contributed by atoms with Gasteiger partial charge in [0.15, 0.2) is 0 Å². The summed E-state index contributed by atoms with van der Waals surface area (Å²) in [7, 11) is 0. The van der Waals surface area contributed by atoms with Gasteiger partial charge in [0.05, 0.1) is 0 Å². The number of Topliss-reactive ketones (excluding diaryl/α,β-unsaturated/α-hetero) is 1. The number of hydrogen-bond acceptors (Lipinski definition) is 1. The van der Waals surface area contributed by atoms with E-state index in [-0.39, 0.29) is 11.7 Å². The van der Waals surface area contributed by atoms with Gasteiger partial charge in [-0.05, 0) is 32.6 Å². The molecule has 0 spiro atoms. The van der Waals surface area contributed by atoms with Gasteiger partial charge in [0.2, 0.25) is 0 Å². The Hall–Kier alpha value is -0.850. The molecule has 0 aromatic carbocycles. The minimum Gasteiger partial charge on any atom is -0.299 e. The summed E-state index contributed by atoms with van der Waals surface area (Å²) in [4.78, 5) is 11.4. The molecule has 1 heteroatoms. The Labute approximate surface area is 87.9 Å². The standard InChI is InChI=1S/C13H22O/c1-5-8-10-12(9-6-2)13(7-3)11(4)14/h5,7-8,12-13H,3,6,9-10H2,1-2,4H3/b8-5+. The summed E-state index contributed by atoms with van der Waals surface area (Å²) in [5.74, 6) is 0.709. The van der Waals surface area contributed by atoms with Gasteiger partial charge in [0.25, 0.3) is 0 Å². The molecule has 0 aliphatic heterocycles. The van der Waals surface area contributed by atoms with Crippen molar-refractivity contribution in [3.8, 4) is 0 Å². The number of carbonyl (C=O) groups is 1. The van der Waals surface area contributed by atoms with Crippen molar-refractivity contribution in [1.82, 2.24) is 0 Å². The molecule has 0 heterocycles. The van der Waals surface area contributed by atoms with Crippen molar-refractivity contribution in [3.05, 3.63) is 24.8 Å². The van der Waals surface area contributed by atoms with Gasteiger partial charge in [-0.25, -0.2) is 0 Å². The van der Waals surface area contributed by atoms with Crippen LogP contribution in [0, 0.1) is 11.8 Å². The minimum atomic E-state index is 0.0335. The fourth-order valence-electron chi connectivity index (χ4n) is 1.82. The number of hydrogen-bond donors (Lipinski definition) is 0. The molecule has 0 radical (unpaired) electrons. The number of carbonyl (C=O) groups excluding carboxylic acids is 1. The van der Waals surface area contributed by atoms with Crippen molar-refractivity contribution >= 4 is 5.78 Å². The Morgan fingerprint density at radius 2 is 2.14 bits per heavy atom. The van der Waals surface area contributed by atoms with Crippen molar-refractivity contribution in [3.63, 3.8) is 0 Å². The molecule has 2 unspecified atom stereocenters. The molecule has 0 fully saturated rings. The molecule has 1 nitrogen and oxygen atoms in total. The molecule has 0 N–H and O–H groups in total. The number of ketones is 1. The molecule has 0 aromatic rings. The molecule has 14 heavy (non-hydrogen) atoms. The highest BCUT2D eigenvalue weighted by molar-refractivity contribution is 5.80. The van der Waals surface area contributed by atoms with Crippen LogP contribution in [0.5, 0.6) is 0 Å². The van der Waals surface area contributed by atoms with E-state index < -0.39 is 0 Å². The molecule has 0 rings (SSSR count). The molecule has 0 aliphatic carbocycles. The monoisotopic (exact) mass is 194 g/mol. The highest BCUT2D eigenvalue weighted by atomic mass is 16.1. The number of rotatable bonds is 7. The molecule has 80 valence electrons. The molecule has 0 aliphatic rings. The van der Waals surface area contributed by atoms with Crippen LogP contribution in [0.15, 0.2) is 24.8 Å². The zero-order valence-electron chi connectivity index (χ0n) is 9.62. The van der Waals surface area contributed by atoms with Crippen LogP contribution in [-0.4, -0.2) is 5.78 Å². The summed E-state index contributed by atoms with van der Waals surface area (Å²) in [5, 5.41) is 0. The fraction of sp³-hybridized carbons (Fsp3) is 0.615. The van der Waals surface area contributed by atoms with E-state index in [4.69, 9.17) is 0 Å². The van der Waals surface area contributed by atoms with E-state index in [0.29, 0.717) is 5.92 Å². The predicted molar refractivity (Wildman–Crippen MR) is 62.2 cm³/mol. The van der Waals surface area contributed by atoms with Crippen LogP contribution in [0.25, 0.3) is 0 Å². The van der Waals surface area contributed by atoms with Crippen LogP contribution in [0.3, 0.4) is 0 Å². The van der Waals surface area contributed by atoms with Gasteiger partial charge in [0.1, 0.15) is 5.78 Å². The Bertz CT molecular complexity index is 203. The summed E-state index contributed by atoms with van der Waals surface area (Å²) >= 11 is 0. The van der Waals surface area contributed by atoms with E-state index in [1.165, 1.54) is 0 Å². The van der Waals surface area contributed by atoms with Gasteiger partial charge in [-0.2, -0.15) is 0 Å². The summed E-state index contributed by atoms with van der Waals surface area (Å²) in [6.45, 7) is 9.58. The van der Waals surface area contributed by atoms with Crippen molar-refractivity contribution in [2.24, 2.45) is 11.8 Å². The van der Waals surface area contributed by atoms with Crippen molar-refractivity contribution < 1.29 is 4.79 Å². The van der Waals surface area contributed by atoms with Gasteiger partial charge < -0.3 is 0 Å². The minimum absolute atomic E-state index is 0.0335. The number of allylic oxidation sites excluding steroid dienone is 3. The highest BCUT2D eigenvalue weighted by Gasteiger charge is 2.20. The summed E-state index contributed by atoms with van der Waals surface area (Å²) in [6, 6.07) is 0. The summed E-state index contributed by atoms with van der Waals surface area (Å²) in [6.07, 6.45) is 9.19. The van der Waals surface area contributed by atoms with Crippen LogP contribution in [0.4, 0.5) is 0 Å². The maximum Gasteiger partial charge on any atom is 0.136 e. The lowest BCUT2D eigenvalue weighted by Gasteiger charge is -2.20. The highest BCUT2D eigenvalue weighted by Crippen LogP contribution is 2.23. The Kier molecular flexibility index (Phi) is 7.09. The third-order valence-corrected chi connectivity index (χ3v) is 2.57. The lowest BCUT2D eigenvalue weighted by Crippen LogP contribution is -2.19. The average molecular weight is 194 g/mol. The van der Waals surface area contributed by atoms with E-state index in [0.717, 1.165) is 19.3 Å². The van der Waals surface area contributed by atoms with Crippen LogP contribution in [-0.2, 0) is 4.79 Å². The lowest BCUT2D eigenvalue weighted by atomic mass is 9.83. The van der Waals surface area contributed by atoms with Crippen LogP contribution in [0.1, 0.15) is 40.0 Å². The van der Waals surface area contributed by atoms with Gasteiger partial charge >= 0.3 is 0 Å². The van der Waals surface area contributed by atoms with Gasteiger partial charge in [0, 0.05) is 5.92 Å². The first kappa shape index (κ1) is 13.2. The third-order valence-electron chi connectivity index (χ3n) is 2.57. The van der Waals surface area contributed by atoms with Crippen molar-refractivity contribution in [1.29, 1.82) is 0 Å². The normalized spacial score (nSPS) is 15.4. The molecule has 2 atom stereocenters. The maximum atomic E-state index is 11.4. The van der Waals surface area contributed by atoms with E-state index in [9.17, 15) is 4.79 Å². The van der Waals surface area contributed by atoms with E-state index in [1.54, 1.807) is 13.0 Å². The van der Waals surface area contributed by atoms with Crippen molar-refractivity contribution in [2.45, 2.75) is 40.0 Å². The van der Waals surface area contributed by atoms with Gasteiger partial charge in [-0.3, -0.25) is 4.79 Å². The average Bonchev–Trinajstić information content (AvgIpc) is 2.14. The largest absolute Gasteiger partial charge is 0.299 e. The first-order valence-corrected chi connectivity index (χ1v) is 5.41. The molecule has 0 saturated heterocycles. The topological polar surface area (TPSA) is 17.1 Å². The fourth-order valence-corrected chi connectivity index (χ4v) is 1.82. The van der Waals surface area contributed by atoms with E-state index in [2.05, 4.69) is 19.6 Å². The third kappa shape index (κ3) is 4.40. The first-order chi connectivity index (χ1) is 6.67. The van der Waals surface area contributed by atoms with Crippen LogP contribution >= 0.6 is 0 Å². The van der Waals surface area contributed by atoms with E-state index >= 15 is 0 Å². The Morgan fingerprint density at radius 1 is 1.50 bits per heavy atom. The Balaban J connectivity index is 4.41. The predicted octanol–water partition coefficient (Wildman–Crippen LogP) is 3.76. The van der Waals surface area contributed by atoms with E-state index in [1.807, 2.05) is 13.0 Å². The second-order valence-electron chi connectivity index (χ2n) is 3.73. The second kappa shape index (κ2) is 7.54. The quantitative estimate of drug-likeness (QED) is 0.564. The SMILES string of the molecule is C=CC(C(C)=O)C(C/C=C/C)CCC. The molecular weight excluding hydrogens is 172 g/mol. The maximum absolute atomic E-state index is 11.4.